The zero-order valence-electron chi connectivity index (χ0n) is 20.0. The first-order valence-corrected chi connectivity index (χ1v) is 11.3. The summed E-state index contributed by atoms with van der Waals surface area (Å²) in [5.74, 6) is -2.74. The average molecular weight is 481 g/mol. The van der Waals surface area contributed by atoms with Crippen LogP contribution in [0.2, 0.25) is 0 Å². The minimum absolute atomic E-state index is 0.0490. The molecule has 0 heterocycles. The number of aliphatic carboxylic acids is 2. The number of hydrogen-bond acceptors (Lipinski definition) is 7. The van der Waals surface area contributed by atoms with Gasteiger partial charge in [0.05, 0.1) is 12.8 Å². The van der Waals surface area contributed by atoms with Gasteiger partial charge in [0, 0.05) is 6.54 Å². The molecule has 0 unspecified atom stereocenters. The SMILES string of the molecule is CC(C)(C)OC(=O)N[C@@H](CC(=O)OC1CCCCC1)C(=O)O.NCc1ccccc1CC(=O)O. The normalized spacial score (nSPS) is 14.7. The number of carbonyl (C=O) groups is 4. The van der Waals surface area contributed by atoms with Crippen LogP contribution in [0.4, 0.5) is 4.79 Å². The lowest BCUT2D eigenvalue weighted by atomic mass is 9.98. The lowest BCUT2D eigenvalue weighted by Crippen LogP contribution is -2.45. The highest BCUT2D eigenvalue weighted by molar-refractivity contribution is 5.85. The number of benzene rings is 1. The molecule has 1 amide bonds. The monoisotopic (exact) mass is 480 g/mol. The van der Waals surface area contributed by atoms with Gasteiger partial charge in [0.25, 0.3) is 0 Å². The molecule has 2 rings (SSSR count). The maximum Gasteiger partial charge on any atom is 0.408 e. The Hall–Kier alpha value is -3.14. The lowest BCUT2D eigenvalue weighted by molar-refractivity contribution is -0.154. The maximum absolute atomic E-state index is 11.8. The topological polar surface area (TPSA) is 165 Å². The zero-order chi connectivity index (χ0) is 25.7. The van der Waals surface area contributed by atoms with E-state index in [1.54, 1.807) is 26.8 Å². The third-order valence-electron chi connectivity index (χ3n) is 4.89. The molecule has 0 spiro atoms. The van der Waals surface area contributed by atoms with Crippen molar-refractivity contribution in [2.24, 2.45) is 5.73 Å². The molecule has 1 aromatic rings. The van der Waals surface area contributed by atoms with E-state index < -0.39 is 42.1 Å². The first kappa shape index (κ1) is 28.9. The summed E-state index contributed by atoms with van der Waals surface area (Å²) < 4.78 is 10.2. The quantitative estimate of drug-likeness (QED) is 0.409. The number of alkyl carbamates (subject to hydrolysis) is 1. The summed E-state index contributed by atoms with van der Waals surface area (Å²) in [4.78, 5) is 45.0. The van der Waals surface area contributed by atoms with Crippen LogP contribution in [0, 0.1) is 0 Å². The molecule has 1 saturated carbocycles. The maximum atomic E-state index is 11.8. The minimum Gasteiger partial charge on any atom is -0.481 e. The summed E-state index contributed by atoms with van der Waals surface area (Å²) in [6.07, 6.45) is 3.39. The molecule has 5 N–H and O–H groups in total. The van der Waals surface area contributed by atoms with Gasteiger partial charge in [-0.1, -0.05) is 30.7 Å². The van der Waals surface area contributed by atoms with Gasteiger partial charge in [-0.25, -0.2) is 9.59 Å². The van der Waals surface area contributed by atoms with Crippen molar-refractivity contribution in [1.29, 1.82) is 0 Å². The smallest absolute Gasteiger partial charge is 0.408 e. The largest absolute Gasteiger partial charge is 0.481 e. The van der Waals surface area contributed by atoms with E-state index in [4.69, 9.17) is 25.4 Å². The molecule has 1 aromatic carbocycles. The van der Waals surface area contributed by atoms with Crippen LogP contribution in [0.3, 0.4) is 0 Å². The van der Waals surface area contributed by atoms with Gasteiger partial charge in [0.15, 0.2) is 0 Å². The summed E-state index contributed by atoms with van der Waals surface area (Å²) in [5, 5.41) is 19.8. The number of esters is 1. The summed E-state index contributed by atoms with van der Waals surface area (Å²) in [6.45, 7) is 5.39. The predicted molar refractivity (Wildman–Crippen MR) is 124 cm³/mol. The molecular weight excluding hydrogens is 444 g/mol. The molecule has 34 heavy (non-hydrogen) atoms. The van der Waals surface area contributed by atoms with E-state index in [1.807, 2.05) is 18.2 Å². The summed E-state index contributed by atoms with van der Waals surface area (Å²) in [6, 6.07) is 5.95. The van der Waals surface area contributed by atoms with Gasteiger partial charge in [-0.2, -0.15) is 0 Å². The molecule has 190 valence electrons. The number of ether oxygens (including phenoxy) is 2. The molecule has 0 saturated heterocycles. The number of carbonyl (C=O) groups excluding carboxylic acids is 2. The van der Waals surface area contributed by atoms with Gasteiger partial charge in [0.1, 0.15) is 17.7 Å². The molecule has 10 heteroatoms. The number of hydrogen-bond donors (Lipinski definition) is 4. The fourth-order valence-corrected chi connectivity index (χ4v) is 3.33. The standard InChI is InChI=1S/C15H25NO6.C9H11NO2/c1-15(2,3)22-14(20)16-11(13(18)19)9-12(17)21-10-7-5-4-6-8-10;10-6-8-4-2-1-3-7(8)5-9(11)12/h10-11H,4-9H2,1-3H3,(H,16,20)(H,18,19);1-4H,5-6,10H2,(H,11,12)/t11-;/m0./s1. The van der Waals surface area contributed by atoms with Crippen LogP contribution < -0.4 is 11.1 Å². The molecule has 1 aliphatic rings. The van der Waals surface area contributed by atoms with E-state index in [1.165, 1.54) is 0 Å². The number of carboxylic acids is 2. The van der Waals surface area contributed by atoms with Crippen molar-refractivity contribution in [1.82, 2.24) is 5.32 Å². The van der Waals surface area contributed by atoms with Gasteiger partial charge in [0.2, 0.25) is 0 Å². The second kappa shape index (κ2) is 14.2. The summed E-state index contributed by atoms with van der Waals surface area (Å²) in [5.41, 5.74) is 6.39. The van der Waals surface area contributed by atoms with Crippen LogP contribution in [0.15, 0.2) is 24.3 Å². The van der Waals surface area contributed by atoms with E-state index in [0.29, 0.717) is 6.54 Å². The van der Waals surface area contributed by atoms with Crippen LogP contribution in [0.1, 0.15) is 70.4 Å². The molecule has 1 atom stereocenters. The molecule has 10 nitrogen and oxygen atoms in total. The van der Waals surface area contributed by atoms with Crippen LogP contribution in [-0.4, -0.2) is 52.0 Å². The van der Waals surface area contributed by atoms with Crippen molar-refractivity contribution in [3.8, 4) is 0 Å². The van der Waals surface area contributed by atoms with Gasteiger partial charge in [-0.15, -0.1) is 0 Å². The second-order valence-electron chi connectivity index (χ2n) is 9.03. The van der Waals surface area contributed by atoms with Crippen LogP contribution in [0.25, 0.3) is 0 Å². The fourth-order valence-electron chi connectivity index (χ4n) is 3.33. The Kier molecular flexibility index (Phi) is 12.1. The van der Waals surface area contributed by atoms with Crippen LogP contribution >= 0.6 is 0 Å². The summed E-state index contributed by atoms with van der Waals surface area (Å²) >= 11 is 0. The highest BCUT2D eigenvalue weighted by Gasteiger charge is 2.28. The summed E-state index contributed by atoms with van der Waals surface area (Å²) in [7, 11) is 0. The Labute approximate surface area is 199 Å². The van der Waals surface area contributed by atoms with Crippen molar-refractivity contribution in [2.45, 2.75) is 90.0 Å². The van der Waals surface area contributed by atoms with E-state index >= 15 is 0 Å². The number of nitrogens with two attached hydrogens (primary N) is 1. The predicted octanol–water partition coefficient (Wildman–Crippen LogP) is 3.00. The Morgan fingerprint density at radius 2 is 1.65 bits per heavy atom. The molecule has 0 aliphatic heterocycles. The Bertz CT molecular complexity index is 829. The zero-order valence-corrected chi connectivity index (χ0v) is 20.0. The highest BCUT2D eigenvalue weighted by Crippen LogP contribution is 2.21. The number of carboxylic acid groups (broad SMARTS) is 2. The number of amides is 1. The Balaban J connectivity index is 0.000000404. The van der Waals surface area contributed by atoms with Crippen molar-refractivity contribution in [2.75, 3.05) is 0 Å². The fraction of sp³-hybridized carbons (Fsp3) is 0.583. The van der Waals surface area contributed by atoms with Crippen molar-refractivity contribution in [3.63, 3.8) is 0 Å². The van der Waals surface area contributed by atoms with E-state index in [0.717, 1.165) is 43.2 Å². The second-order valence-corrected chi connectivity index (χ2v) is 9.03. The van der Waals surface area contributed by atoms with Crippen molar-refractivity contribution >= 4 is 24.0 Å². The van der Waals surface area contributed by atoms with Crippen LogP contribution in [-0.2, 0) is 36.8 Å². The Morgan fingerprint density at radius 1 is 1.06 bits per heavy atom. The van der Waals surface area contributed by atoms with E-state index in [9.17, 15) is 19.2 Å². The van der Waals surface area contributed by atoms with Gasteiger partial charge >= 0.3 is 24.0 Å². The molecule has 0 bridgehead atoms. The van der Waals surface area contributed by atoms with Crippen molar-refractivity contribution in [3.05, 3.63) is 35.4 Å². The average Bonchev–Trinajstić information content (AvgIpc) is 2.73. The highest BCUT2D eigenvalue weighted by atomic mass is 16.6. The molecule has 0 radical (unpaired) electrons. The molecule has 1 fully saturated rings. The van der Waals surface area contributed by atoms with Crippen LogP contribution in [0.5, 0.6) is 0 Å². The first-order chi connectivity index (χ1) is 15.9. The van der Waals surface area contributed by atoms with E-state index in [2.05, 4.69) is 5.32 Å². The molecular formula is C24H36N2O8. The minimum atomic E-state index is -1.36. The molecule has 0 aromatic heterocycles. The first-order valence-electron chi connectivity index (χ1n) is 11.3. The van der Waals surface area contributed by atoms with Gasteiger partial charge in [-0.05, 0) is 57.6 Å². The number of rotatable bonds is 8. The third kappa shape index (κ3) is 12.2. The van der Waals surface area contributed by atoms with E-state index in [-0.39, 0.29) is 12.5 Å². The lowest BCUT2D eigenvalue weighted by Gasteiger charge is -2.24. The van der Waals surface area contributed by atoms with Gasteiger partial charge < -0.3 is 30.7 Å². The van der Waals surface area contributed by atoms with Gasteiger partial charge in [-0.3, -0.25) is 9.59 Å². The van der Waals surface area contributed by atoms with Crippen molar-refractivity contribution < 1.29 is 38.9 Å². The third-order valence-corrected chi connectivity index (χ3v) is 4.89. The Morgan fingerprint density at radius 3 is 2.15 bits per heavy atom. The number of nitrogens with one attached hydrogen (secondary N) is 1. The molecule has 1 aliphatic carbocycles.